The Kier molecular flexibility index (Phi) is 6.24. The molecular formula is C11H19N3. The van der Waals surface area contributed by atoms with Gasteiger partial charge < -0.3 is 11.2 Å². The highest BCUT2D eigenvalue weighted by Crippen LogP contribution is 2.09. The van der Waals surface area contributed by atoms with Gasteiger partial charge in [0.1, 0.15) is 0 Å². The normalized spacial score (nSPS) is 10.1. The van der Waals surface area contributed by atoms with Crippen LogP contribution < -0.4 is 17.0 Å². The number of nitrogens with one attached hydrogen (secondary N) is 1. The predicted molar refractivity (Wildman–Crippen MR) is 62.0 cm³/mol. The summed E-state index contributed by atoms with van der Waals surface area (Å²) in [6.07, 6.45) is 1.45. The quantitative estimate of drug-likeness (QED) is 0.495. The van der Waals surface area contributed by atoms with Crippen LogP contribution in [0.4, 0.5) is 0 Å². The first-order valence-corrected chi connectivity index (χ1v) is 4.73. The number of nitrogens with two attached hydrogens (primary N) is 2. The summed E-state index contributed by atoms with van der Waals surface area (Å²) in [7, 11) is 0. The molecule has 0 aliphatic carbocycles. The topological polar surface area (TPSA) is 64.1 Å². The Balaban J connectivity index is 0.000000791. The standard InChI is InChI=1S/C9H13N3.C2H6/c1-7-2-4-8(5-3-7)9(6-10)12-11;1-2/h2-6,12H,10-11H2,1H3;1-2H3/b9-6-;. The van der Waals surface area contributed by atoms with E-state index >= 15 is 0 Å². The van der Waals surface area contributed by atoms with E-state index in [1.54, 1.807) is 0 Å². The van der Waals surface area contributed by atoms with Crippen LogP contribution in [0, 0.1) is 6.92 Å². The van der Waals surface area contributed by atoms with Crippen LogP contribution in [0.1, 0.15) is 25.0 Å². The first-order valence-electron chi connectivity index (χ1n) is 4.73. The first-order chi connectivity index (χ1) is 6.77. The molecule has 0 bridgehead atoms. The van der Waals surface area contributed by atoms with E-state index in [0.717, 1.165) is 11.3 Å². The van der Waals surface area contributed by atoms with Gasteiger partial charge in [-0.25, -0.2) is 0 Å². The van der Waals surface area contributed by atoms with Crippen molar-refractivity contribution in [2.75, 3.05) is 0 Å². The lowest BCUT2D eigenvalue weighted by Crippen LogP contribution is -2.20. The summed E-state index contributed by atoms with van der Waals surface area (Å²) in [5.41, 5.74) is 10.8. The van der Waals surface area contributed by atoms with E-state index in [1.165, 1.54) is 11.8 Å². The summed E-state index contributed by atoms with van der Waals surface area (Å²) < 4.78 is 0. The lowest BCUT2D eigenvalue weighted by atomic mass is 10.1. The highest BCUT2D eigenvalue weighted by Gasteiger charge is 1.96. The van der Waals surface area contributed by atoms with E-state index in [2.05, 4.69) is 5.43 Å². The summed E-state index contributed by atoms with van der Waals surface area (Å²) in [5.74, 6) is 5.26. The van der Waals surface area contributed by atoms with E-state index in [4.69, 9.17) is 11.6 Å². The minimum absolute atomic E-state index is 0.731. The van der Waals surface area contributed by atoms with Gasteiger partial charge in [-0.2, -0.15) is 0 Å². The van der Waals surface area contributed by atoms with E-state index in [0.29, 0.717) is 0 Å². The largest absolute Gasteiger partial charge is 0.403 e. The van der Waals surface area contributed by atoms with Gasteiger partial charge in [0.25, 0.3) is 0 Å². The minimum atomic E-state index is 0.731. The zero-order valence-corrected chi connectivity index (χ0v) is 9.04. The third-order valence-electron chi connectivity index (χ3n) is 1.68. The average molecular weight is 193 g/mol. The van der Waals surface area contributed by atoms with Crippen LogP contribution in [0.25, 0.3) is 5.70 Å². The fraction of sp³-hybridized carbons (Fsp3) is 0.273. The molecule has 1 rings (SSSR count). The molecule has 0 aliphatic heterocycles. The molecule has 0 aromatic heterocycles. The second kappa shape index (κ2) is 6.97. The van der Waals surface area contributed by atoms with Crippen molar-refractivity contribution in [2.24, 2.45) is 11.6 Å². The lowest BCUT2D eigenvalue weighted by molar-refractivity contribution is 0.987. The molecule has 5 N–H and O–H groups in total. The molecule has 0 fully saturated rings. The van der Waals surface area contributed by atoms with Gasteiger partial charge in [-0.05, 0) is 6.92 Å². The Morgan fingerprint density at radius 1 is 1.21 bits per heavy atom. The fourth-order valence-corrected chi connectivity index (χ4v) is 0.961. The van der Waals surface area contributed by atoms with Crippen LogP contribution in [0.5, 0.6) is 0 Å². The molecule has 0 aliphatic rings. The Morgan fingerprint density at radius 2 is 1.71 bits per heavy atom. The second-order valence-corrected chi connectivity index (χ2v) is 2.59. The van der Waals surface area contributed by atoms with E-state index < -0.39 is 0 Å². The SMILES string of the molecule is CC.Cc1ccc(/C(=C/N)NN)cc1. The molecule has 0 spiro atoms. The summed E-state index contributed by atoms with van der Waals surface area (Å²) >= 11 is 0. The monoisotopic (exact) mass is 193 g/mol. The van der Waals surface area contributed by atoms with Crippen molar-refractivity contribution >= 4 is 5.70 Å². The molecule has 0 amide bonds. The Morgan fingerprint density at radius 3 is 2.07 bits per heavy atom. The zero-order chi connectivity index (χ0) is 11.0. The van der Waals surface area contributed by atoms with Gasteiger partial charge in [-0.1, -0.05) is 43.7 Å². The fourth-order valence-electron chi connectivity index (χ4n) is 0.961. The summed E-state index contributed by atoms with van der Waals surface area (Å²) in [5, 5.41) is 0. The van der Waals surface area contributed by atoms with Crippen LogP contribution in [0.2, 0.25) is 0 Å². The van der Waals surface area contributed by atoms with E-state index in [9.17, 15) is 0 Å². The van der Waals surface area contributed by atoms with Crippen LogP contribution in [0.3, 0.4) is 0 Å². The molecule has 3 nitrogen and oxygen atoms in total. The predicted octanol–water partition coefficient (Wildman–Crippen LogP) is 1.74. The van der Waals surface area contributed by atoms with Gasteiger partial charge in [0.2, 0.25) is 0 Å². The van der Waals surface area contributed by atoms with Crippen LogP contribution in [-0.2, 0) is 0 Å². The molecule has 0 radical (unpaired) electrons. The summed E-state index contributed by atoms with van der Waals surface area (Å²) in [4.78, 5) is 0. The maximum atomic E-state index is 5.35. The van der Waals surface area contributed by atoms with Gasteiger partial charge in [0, 0.05) is 11.8 Å². The van der Waals surface area contributed by atoms with Crippen molar-refractivity contribution in [1.82, 2.24) is 5.43 Å². The molecule has 78 valence electrons. The summed E-state index contributed by atoms with van der Waals surface area (Å²) in [6.45, 7) is 6.03. The molecule has 0 atom stereocenters. The highest BCUT2D eigenvalue weighted by molar-refractivity contribution is 5.62. The van der Waals surface area contributed by atoms with Crippen molar-refractivity contribution in [3.05, 3.63) is 41.6 Å². The van der Waals surface area contributed by atoms with Crippen LogP contribution >= 0.6 is 0 Å². The van der Waals surface area contributed by atoms with Gasteiger partial charge in [0.05, 0.1) is 5.70 Å². The molecule has 1 aromatic rings. The molecule has 3 heteroatoms. The number of hydrazine groups is 1. The molecule has 0 saturated heterocycles. The van der Waals surface area contributed by atoms with Crippen LogP contribution in [0.15, 0.2) is 30.5 Å². The number of hydrogen-bond acceptors (Lipinski definition) is 3. The number of rotatable bonds is 2. The highest BCUT2D eigenvalue weighted by atomic mass is 15.2. The molecule has 0 heterocycles. The number of benzene rings is 1. The van der Waals surface area contributed by atoms with Crippen molar-refractivity contribution in [1.29, 1.82) is 0 Å². The van der Waals surface area contributed by atoms with Gasteiger partial charge in [0.15, 0.2) is 0 Å². The van der Waals surface area contributed by atoms with Crippen molar-refractivity contribution in [3.63, 3.8) is 0 Å². The molecular weight excluding hydrogens is 174 g/mol. The summed E-state index contributed by atoms with van der Waals surface area (Å²) in [6, 6.07) is 7.95. The third-order valence-corrected chi connectivity index (χ3v) is 1.68. The van der Waals surface area contributed by atoms with Gasteiger partial charge >= 0.3 is 0 Å². The third kappa shape index (κ3) is 3.49. The van der Waals surface area contributed by atoms with Crippen LogP contribution in [-0.4, -0.2) is 0 Å². The van der Waals surface area contributed by atoms with Gasteiger partial charge in [-0.3, -0.25) is 5.84 Å². The molecule has 14 heavy (non-hydrogen) atoms. The Labute approximate surface area is 85.8 Å². The average Bonchev–Trinajstić information content (AvgIpc) is 2.25. The number of hydrogen-bond donors (Lipinski definition) is 3. The molecule has 0 saturated carbocycles. The number of aryl methyl sites for hydroxylation is 1. The van der Waals surface area contributed by atoms with E-state index in [1.807, 2.05) is 45.0 Å². The zero-order valence-electron chi connectivity index (χ0n) is 9.04. The molecule has 0 unspecified atom stereocenters. The maximum Gasteiger partial charge on any atom is 0.0713 e. The van der Waals surface area contributed by atoms with Crippen molar-refractivity contribution < 1.29 is 0 Å². The Hall–Kier alpha value is -1.48. The Bertz CT molecular complexity index is 275. The molecule has 1 aromatic carbocycles. The first kappa shape index (κ1) is 12.5. The van der Waals surface area contributed by atoms with Crippen molar-refractivity contribution in [2.45, 2.75) is 20.8 Å². The minimum Gasteiger partial charge on any atom is -0.403 e. The lowest BCUT2D eigenvalue weighted by Gasteiger charge is -2.05. The van der Waals surface area contributed by atoms with E-state index in [-0.39, 0.29) is 0 Å². The maximum absolute atomic E-state index is 5.35. The smallest absolute Gasteiger partial charge is 0.0713 e. The van der Waals surface area contributed by atoms with Crippen molar-refractivity contribution in [3.8, 4) is 0 Å². The van der Waals surface area contributed by atoms with Gasteiger partial charge in [-0.15, -0.1) is 0 Å². The second-order valence-electron chi connectivity index (χ2n) is 2.59.